The minimum absolute atomic E-state index is 0.104. The summed E-state index contributed by atoms with van der Waals surface area (Å²) in [6, 6.07) is 12.4. The summed E-state index contributed by atoms with van der Waals surface area (Å²) in [6.07, 6.45) is 1.94. The average Bonchev–Trinajstić information content (AvgIpc) is 2.74. The van der Waals surface area contributed by atoms with Crippen molar-refractivity contribution in [3.05, 3.63) is 59.9 Å². The Balaban J connectivity index is 1.47. The van der Waals surface area contributed by atoms with Crippen LogP contribution in [0.1, 0.15) is 10.4 Å². The van der Waals surface area contributed by atoms with Gasteiger partial charge in [-0.1, -0.05) is 12.1 Å². The minimum Gasteiger partial charge on any atom is -0.351 e. The standard InChI is InChI=1S/C20H24FN3O3S2/c1-28-19-5-3-2-4-18(19)20(25)22-10-11-23-12-14-24(15-13-23)29(26,27)17-8-6-16(21)7-9-17/h2-9H,10-15H2,1H3,(H,22,25). The number of benzene rings is 2. The third-order valence-corrected chi connectivity index (χ3v) is 7.56. The number of thioether (sulfide) groups is 1. The number of amides is 1. The highest BCUT2D eigenvalue weighted by Gasteiger charge is 2.28. The number of carbonyl (C=O) groups excluding carboxylic acids is 1. The Labute approximate surface area is 175 Å². The molecular weight excluding hydrogens is 413 g/mol. The van der Waals surface area contributed by atoms with Crippen molar-refractivity contribution in [3.8, 4) is 0 Å². The molecule has 2 aromatic rings. The number of rotatable bonds is 7. The van der Waals surface area contributed by atoms with Gasteiger partial charge in [-0.05, 0) is 42.7 Å². The van der Waals surface area contributed by atoms with Gasteiger partial charge in [0.15, 0.2) is 0 Å². The van der Waals surface area contributed by atoms with Crippen LogP contribution in [0.3, 0.4) is 0 Å². The first kappa shape index (κ1) is 21.8. The van der Waals surface area contributed by atoms with Gasteiger partial charge in [-0.15, -0.1) is 11.8 Å². The summed E-state index contributed by atoms with van der Waals surface area (Å²) in [5, 5.41) is 2.93. The highest BCUT2D eigenvalue weighted by Crippen LogP contribution is 2.20. The molecular formula is C20H24FN3O3S2. The van der Waals surface area contributed by atoms with E-state index in [-0.39, 0.29) is 10.8 Å². The molecule has 1 fully saturated rings. The van der Waals surface area contributed by atoms with E-state index in [0.717, 1.165) is 17.0 Å². The lowest BCUT2D eigenvalue weighted by molar-refractivity contribution is 0.0942. The normalized spacial score (nSPS) is 15.9. The summed E-state index contributed by atoms with van der Waals surface area (Å²) in [4.78, 5) is 15.5. The second kappa shape index (κ2) is 9.71. The van der Waals surface area contributed by atoms with E-state index in [1.807, 2.05) is 24.5 Å². The number of hydrogen-bond donors (Lipinski definition) is 1. The molecule has 29 heavy (non-hydrogen) atoms. The molecule has 2 aromatic carbocycles. The van der Waals surface area contributed by atoms with Crippen molar-refractivity contribution in [1.82, 2.24) is 14.5 Å². The van der Waals surface area contributed by atoms with Crippen LogP contribution in [0.25, 0.3) is 0 Å². The topological polar surface area (TPSA) is 69.7 Å². The average molecular weight is 438 g/mol. The smallest absolute Gasteiger partial charge is 0.252 e. The van der Waals surface area contributed by atoms with Crippen molar-refractivity contribution < 1.29 is 17.6 Å². The van der Waals surface area contributed by atoms with Gasteiger partial charge in [0, 0.05) is 44.2 Å². The van der Waals surface area contributed by atoms with E-state index < -0.39 is 15.8 Å². The maximum atomic E-state index is 13.0. The molecule has 0 unspecified atom stereocenters. The Hall–Kier alpha value is -1.94. The quantitative estimate of drug-likeness (QED) is 0.673. The highest BCUT2D eigenvalue weighted by atomic mass is 32.2. The molecule has 1 saturated heterocycles. The van der Waals surface area contributed by atoms with Crippen molar-refractivity contribution in [1.29, 1.82) is 0 Å². The van der Waals surface area contributed by atoms with Gasteiger partial charge in [-0.25, -0.2) is 12.8 Å². The van der Waals surface area contributed by atoms with E-state index in [4.69, 9.17) is 0 Å². The van der Waals surface area contributed by atoms with Crippen molar-refractivity contribution >= 4 is 27.7 Å². The highest BCUT2D eigenvalue weighted by molar-refractivity contribution is 7.98. The molecule has 6 nitrogen and oxygen atoms in total. The molecule has 0 atom stereocenters. The number of nitrogens with one attached hydrogen (secondary N) is 1. The molecule has 1 heterocycles. The molecule has 0 radical (unpaired) electrons. The third-order valence-electron chi connectivity index (χ3n) is 4.85. The van der Waals surface area contributed by atoms with Crippen LogP contribution < -0.4 is 5.32 Å². The molecule has 0 aliphatic carbocycles. The van der Waals surface area contributed by atoms with Crippen molar-refractivity contribution in [2.24, 2.45) is 0 Å². The Morgan fingerprint density at radius 3 is 2.38 bits per heavy atom. The molecule has 1 amide bonds. The van der Waals surface area contributed by atoms with Crippen LogP contribution in [-0.4, -0.2) is 69.1 Å². The first-order valence-corrected chi connectivity index (χ1v) is 12.0. The van der Waals surface area contributed by atoms with Gasteiger partial charge >= 0.3 is 0 Å². The summed E-state index contributed by atoms with van der Waals surface area (Å²) < 4.78 is 39.8. The van der Waals surface area contributed by atoms with Gasteiger partial charge < -0.3 is 5.32 Å². The fourth-order valence-electron chi connectivity index (χ4n) is 3.20. The summed E-state index contributed by atoms with van der Waals surface area (Å²) in [5.41, 5.74) is 0.662. The third kappa shape index (κ3) is 5.36. The van der Waals surface area contributed by atoms with Gasteiger partial charge in [0.05, 0.1) is 10.5 Å². The van der Waals surface area contributed by atoms with Gasteiger partial charge in [0.2, 0.25) is 10.0 Å². The lowest BCUT2D eigenvalue weighted by Gasteiger charge is -2.34. The fraction of sp³-hybridized carbons (Fsp3) is 0.350. The fourth-order valence-corrected chi connectivity index (χ4v) is 5.22. The van der Waals surface area contributed by atoms with Gasteiger partial charge in [0.25, 0.3) is 5.91 Å². The zero-order chi connectivity index (χ0) is 20.9. The lowest BCUT2D eigenvalue weighted by Crippen LogP contribution is -2.50. The number of piperazine rings is 1. The monoisotopic (exact) mass is 437 g/mol. The Bertz CT molecular complexity index is 944. The van der Waals surface area contributed by atoms with E-state index in [0.29, 0.717) is 44.8 Å². The van der Waals surface area contributed by atoms with Crippen LogP contribution in [0.15, 0.2) is 58.3 Å². The number of carbonyl (C=O) groups is 1. The van der Waals surface area contributed by atoms with Crippen LogP contribution in [0, 0.1) is 5.82 Å². The summed E-state index contributed by atoms with van der Waals surface area (Å²) in [7, 11) is -3.61. The first-order valence-electron chi connectivity index (χ1n) is 9.31. The number of sulfonamides is 1. The maximum Gasteiger partial charge on any atom is 0.252 e. The Morgan fingerprint density at radius 1 is 1.07 bits per heavy atom. The van der Waals surface area contributed by atoms with Crippen LogP contribution in [0.5, 0.6) is 0 Å². The minimum atomic E-state index is -3.61. The molecule has 1 aliphatic rings. The largest absolute Gasteiger partial charge is 0.351 e. The Morgan fingerprint density at radius 2 is 1.72 bits per heavy atom. The molecule has 0 bridgehead atoms. The molecule has 0 aromatic heterocycles. The first-order chi connectivity index (χ1) is 13.9. The number of nitrogens with zero attached hydrogens (tertiary/aromatic N) is 2. The summed E-state index contributed by atoms with van der Waals surface area (Å²) >= 11 is 1.53. The molecule has 156 valence electrons. The van der Waals surface area contributed by atoms with E-state index in [2.05, 4.69) is 10.2 Å². The van der Waals surface area contributed by atoms with Crippen LogP contribution in [-0.2, 0) is 10.0 Å². The lowest BCUT2D eigenvalue weighted by atomic mass is 10.2. The SMILES string of the molecule is CSc1ccccc1C(=O)NCCN1CCN(S(=O)(=O)c2ccc(F)cc2)CC1. The van der Waals surface area contributed by atoms with Crippen LogP contribution in [0.2, 0.25) is 0 Å². The molecule has 9 heteroatoms. The molecule has 1 N–H and O–H groups in total. The zero-order valence-electron chi connectivity index (χ0n) is 16.2. The number of hydrogen-bond acceptors (Lipinski definition) is 5. The van der Waals surface area contributed by atoms with Crippen molar-refractivity contribution in [2.75, 3.05) is 45.5 Å². The molecule has 0 saturated carbocycles. The number of halogens is 1. The predicted molar refractivity (Wildman–Crippen MR) is 112 cm³/mol. The second-order valence-corrected chi connectivity index (χ2v) is 9.44. The van der Waals surface area contributed by atoms with Crippen molar-refractivity contribution in [3.63, 3.8) is 0 Å². The van der Waals surface area contributed by atoms with Crippen LogP contribution >= 0.6 is 11.8 Å². The molecule has 1 aliphatic heterocycles. The predicted octanol–water partition coefficient (Wildman–Crippen LogP) is 2.28. The van der Waals surface area contributed by atoms with Crippen LogP contribution in [0.4, 0.5) is 4.39 Å². The molecule has 3 rings (SSSR count). The zero-order valence-corrected chi connectivity index (χ0v) is 17.8. The second-order valence-electron chi connectivity index (χ2n) is 6.66. The van der Waals surface area contributed by atoms with Crippen molar-refractivity contribution in [2.45, 2.75) is 9.79 Å². The van der Waals surface area contributed by atoms with E-state index >= 15 is 0 Å². The van der Waals surface area contributed by atoms with Gasteiger partial charge in [-0.2, -0.15) is 4.31 Å². The van der Waals surface area contributed by atoms with E-state index in [1.165, 1.54) is 28.2 Å². The van der Waals surface area contributed by atoms with E-state index in [1.54, 1.807) is 6.07 Å². The van der Waals surface area contributed by atoms with E-state index in [9.17, 15) is 17.6 Å². The maximum absolute atomic E-state index is 13.0. The summed E-state index contributed by atoms with van der Waals surface area (Å²) in [5.74, 6) is -0.566. The van der Waals surface area contributed by atoms with Gasteiger partial charge in [-0.3, -0.25) is 9.69 Å². The van der Waals surface area contributed by atoms with Gasteiger partial charge in [0.1, 0.15) is 5.82 Å². The Kier molecular flexibility index (Phi) is 7.28. The summed E-state index contributed by atoms with van der Waals surface area (Å²) in [6.45, 7) is 3.03. The molecule has 0 spiro atoms.